The van der Waals surface area contributed by atoms with Gasteiger partial charge in [0, 0.05) is 17.5 Å². The number of anilines is 1. The van der Waals surface area contributed by atoms with E-state index in [2.05, 4.69) is 37.6 Å². The fourth-order valence-corrected chi connectivity index (χ4v) is 7.53. The number of aromatic nitrogens is 2. The summed E-state index contributed by atoms with van der Waals surface area (Å²) in [6.45, 7) is 10.9. The summed E-state index contributed by atoms with van der Waals surface area (Å²) in [4.78, 5) is 15.0. The molecule has 3 aliphatic rings. The van der Waals surface area contributed by atoms with Crippen LogP contribution in [0.15, 0.2) is 6.33 Å². The molecule has 0 unspecified atom stereocenters. The standard InChI is InChI=1S/C21H29N3S/c1-13-5-6-15-16(7-13)25-19-17(15)18(22-12-23-19)24-11-21(4)9-14(24)8-20(2,3)10-21/h12-14H,5-11H2,1-4H3/t13-,14+,21-/m1/s1. The molecule has 0 spiro atoms. The van der Waals surface area contributed by atoms with Crippen molar-refractivity contribution in [3.63, 3.8) is 0 Å². The van der Waals surface area contributed by atoms with Gasteiger partial charge < -0.3 is 4.90 Å². The second-order valence-electron chi connectivity index (χ2n) is 10.1. The molecule has 3 atom stereocenters. The van der Waals surface area contributed by atoms with Crippen LogP contribution in [-0.4, -0.2) is 22.6 Å². The summed E-state index contributed by atoms with van der Waals surface area (Å²) in [5, 5.41) is 1.39. The normalized spacial score (nSPS) is 33.7. The van der Waals surface area contributed by atoms with Gasteiger partial charge in [-0.15, -0.1) is 11.3 Å². The zero-order valence-electron chi connectivity index (χ0n) is 15.9. The van der Waals surface area contributed by atoms with Gasteiger partial charge >= 0.3 is 0 Å². The zero-order valence-corrected chi connectivity index (χ0v) is 16.7. The Kier molecular flexibility index (Phi) is 3.33. The molecule has 134 valence electrons. The number of nitrogens with zero attached hydrogens (tertiary/aromatic N) is 3. The topological polar surface area (TPSA) is 29.0 Å². The first-order chi connectivity index (χ1) is 11.8. The van der Waals surface area contributed by atoms with Crippen LogP contribution in [0.1, 0.15) is 63.8 Å². The SMILES string of the molecule is C[C@@H]1CCc2c(sc3ncnc(N4C[C@]5(C)C[C@@H]4CC(C)(C)C5)c23)C1. The van der Waals surface area contributed by atoms with Crippen LogP contribution >= 0.6 is 11.3 Å². The summed E-state index contributed by atoms with van der Waals surface area (Å²) < 4.78 is 0. The number of thiophene rings is 1. The highest BCUT2D eigenvalue weighted by atomic mass is 32.1. The van der Waals surface area contributed by atoms with Gasteiger partial charge in [-0.3, -0.25) is 0 Å². The van der Waals surface area contributed by atoms with Crippen LogP contribution in [0.3, 0.4) is 0 Å². The molecule has 0 radical (unpaired) electrons. The van der Waals surface area contributed by atoms with Gasteiger partial charge in [-0.25, -0.2) is 9.97 Å². The Labute approximate surface area is 154 Å². The van der Waals surface area contributed by atoms with Gasteiger partial charge in [-0.05, 0) is 60.8 Å². The van der Waals surface area contributed by atoms with Gasteiger partial charge in [0.15, 0.2) is 0 Å². The van der Waals surface area contributed by atoms with E-state index in [1.54, 1.807) is 16.8 Å². The number of hydrogen-bond acceptors (Lipinski definition) is 4. The average molecular weight is 356 g/mol. The van der Waals surface area contributed by atoms with Crippen molar-refractivity contribution in [1.29, 1.82) is 0 Å². The number of rotatable bonds is 1. The van der Waals surface area contributed by atoms with Gasteiger partial charge in [0.2, 0.25) is 0 Å². The van der Waals surface area contributed by atoms with Crippen molar-refractivity contribution in [2.45, 2.75) is 72.3 Å². The minimum Gasteiger partial charge on any atom is -0.352 e. The Morgan fingerprint density at radius 2 is 2.04 bits per heavy atom. The van der Waals surface area contributed by atoms with Crippen molar-refractivity contribution < 1.29 is 0 Å². The first-order valence-corrected chi connectivity index (χ1v) is 10.7. The van der Waals surface area contributed by atoms with Crippen LogP contribution in [0.25, 0.3) is 10.2 Å². The molecule has 0 N–H and O–H groups in total. The molecule has 1 saturated heterocycles. The third kappa shape index (κ3) is 2.51. The molecule has 2 aliphatic carbocycles. The molecule has 5 rings (SSSR count). The lowest BCUT2D eigenvalue weighted by Gasteiger charge is -2.39. The molecule has 2 aromatic rings. The number of fused-ring (bicyclic) bond motifs is 5. The minimum absolute atomic E-state index is 0.439. The van der Waals surface area contributed by atoms with Gasteiger partial charge in [-0.1, -0.05) is 27.7 Å². The van der Waals surface area contributed by atoms with Crippen LogP contribution in [0, 0.1) is 16.7 Å². The van der Waals surface area contributed by atoms with E-state index in [9.17, 15) is 0 Å². The quantitative estimate of drug-likeness (QED) is 0.702. The van der Waals surface area contributed by atoms with Crippen molar-refractivity contribution in [3.05, 3.63) is 16.8 Å². The Balaban J connectivity index is 1.62. The second-order valence-corrected chi connectivity index (χ2v) is 11.2. The van der Waals surface area contributed by atoms with E-state index in [-0.39, 0.29) is 0 Å². The van der Waals surface area contributed by atoms with E-state index >= 15 is 0 Å². The maximum Gasteiger partial charge on any atom is 0.141 e. The summed E-state index contributed by atoms with van der Waals surface area (Å²) in [6, 6.07) is 0.643. The summed E-state index contributed by atoms with van der Waals surface area (Å²) in [5.74, 6) is 2.05. The third-order valence-corrected chi connectivity index (χ3v) is 7.92. The molecule has 3 heterocycles. The van der Waals surface area contributed by atoms with Crippen LogP contribution in [-0.2, 0) is 12.8 Å². The Morgan fingerprint density at radius 1 is 1.20 bits per heavy atom. The first kappa shape index (κ1) is 16.0. The summed E-state index contributed by atoms with van der Waals surface area (Å²) in [5.41, 5.74) is 2.45. The first-order valence-electron chi connectivity index (χ1n) is 9.86. The van der Waals surface area contributed by atoms with E-state index in [4.69, 9.17) is 4.98 Å². The lowest BCUT2D eigenvalue weighted by atomic mass is 9.65. The van der Waals surface area contributed by atoms with E-state index < -0.39 is 0 Å². The Bertz CT molecular complexity index is 839. The molecule has 1 saturated carbocycles. The van der Waals surface area contributed by atoms with Crippen LogP contribution in [0.4, 0.5) is 5.82 Å². The molecule has 2 bridgehead atoms. The van der Waals surface area contributed by atoms with Crippen LogP contribution < -0.4 is 4.90 Å². The highest BCUT2D eigenvalue weighted by molar-refractivity contribution is 7.19. The molecule has 0 aromatic carbocycles. The highest BCUT2D eigenvalue weighted by Gasteiger charge is 2.50. The maximum absolute atomic E-state index is 4.85. The number of aryl methyl sites for hydroxylation is 1. The average Bonchev–Trinajstić information content (AvgIpc) is 2.99. The third-order valence-electron chi connectivity index (χ3n) is 6.76. The number of hydrogen-bond donors (Lipinski definition) is 0. The molecule has 0 amide bonds. The van der Waals surface area contributed by atoms with Crippen molar-refractivity contribution in [1.82, 2.24) is 9.97 Å². The minimum atomic E-state index is 0.439. The van der Waals surface area contributed by atoms with Gasteiger partial charge in [-0.2, -0.15) is 0 Å². The van der Waals surface area contributed by atoms with E-state index in [0.717, 1.165) is 12.5 Å². The maximum atomic E-state index is 4.85. The fraction of sp³-hybridized carbons (Fsp3) is 0.714. The van der Waals surface area contributed by atoms with Gasteiger partial charge in [0.25, 0.3) is 0 Å². The van der Waals surface area contributed by atoms with Gasteiger partial charge in [0.05, 0.1) is 5.39 Å². The van der Waals surface area contributed by atoms with E-state index in [1.807, 2.05) is 11.3 Å². The van der Waals surface area contributed by atoms with Crippen molar-refractivity contribution in [2.24, 2.45) is 16.7 Å². The lowest BCUT2D eigenvalue weighted by Crippen LogP contribution is -2.35. The van der Waals surface area contributed by atoms with Crippen molar-refractivity contribution >= 4 is 27.4 Å². The lowest BCUT2D eigenvalue weighted by molar-refractivity contribution is 0.136. The van der Waals surface area contributed by atoms with E-state index in [0.29, 0.717) is 16.9 Å². The molecule has 3 nitrogen and oxygen atoms in total. The molecule has 4 heteroatoms. The Hall–Kier alpha value is -1.16. The van der Waals surface area contributed by atoms with Crippen LogP contribution in [0.2, 0.25) is 0 Å². The van der Waals surface area contributed by atoms with Crippen LogP contribution in [0.5, 0.6) is 0 Å². The smallest absolute Gasteiger partial charge is 0.141 e. The molecule has 25 heavy (non-hydrogen) atoms. The summed E-state index contributed by atoms with van der Waals surface area (Å²) in [7, 11) is 0. The second kappa shape index (κ2) is 5.18. The predicted molar refractivity (Wildman–Crippen MR) is 105 cm³/mol. The van der Waals surface area contributed by atoms with E-state index in [1.165, 1.54) is 54.6 Å². The van der Waals surface area contributed by atoms with Gasteiger partial charge in [0.1, 0.15) is 17.0 Å². The largest absolute Gasteiger partial charge is 0.352 e. The summed E-state index contributed by atoms with van der Waals surface area (Å²) in [6.07, 6.45) is 9.49. The highest BCUT2D eigenvalue weighted by Crippen LogP contribution is 2.54. The molecule has 2 fully saturated rings. The van der Waals surface area contributed by atoms with Crippen molar-refractivity contribution in [3.8, 4) is 0 Å². The molecular weight excluding hydrogens is 326 g/mol. The zero-order chi connectivity index (χ0) is 17.4. The fourth-order valence-electron chi connectivity index (χ4n) is 6.18. The Morgan fingerprint density at radius 3 is 2.88 bits per heavy atom. The monoisotopic (exact) mass is 355 g/mol. The molecule has 2 aromatic heterocycles. The van der Waals surface area contributed by atoms with Crippen molar-refractivity contribution in [2.75, 3.05) is 11.4 Å². The predicted octanol–water partition coefficient (Wildman–Crippen LogP) is 5.22. The summed E-state index contributed by atoms with van der Waals surface area (Å²) >= 11 is 1.92. The molecular formula is C21H29N3S. The molecule has 1 aliphatic heterocycles.